The lowest BCUT2D eigenvalue weighted by Gasteiger charge is -2.03. The Morgan fingerprint density at radius 2 is 1.75 bits per heavy atom. The second-order valence-electron chi connectivity index (χ2n) is 2.07. The molecular formula is C8H10N2O2. The van der Waals surface area contributed by atoms with E-state index in [2.05, 4.69) is 9.97 Å². The highest BCUT2D eigenvalue weighted by Gasteiger charge is 2.02. The molecule has 0 N–H and O–H groups in total. The summed E-state index contributed by atoms with van der Waals surface area (Å²) in [5.74, 6) is 1.43. The molecule has 12 heavy (non-hydrogen) atoms. The van der Waals surface area contributed by atoms with E-state index in [9.17, 15) is 0 Å². The van der Waals surface area contributed by atoms with Crippen molar-refractivity contribution in [2.75, 3.05) is 14.2 Å². The molecule has 0 aliphatic carbocycles. The fraction of sp³-hybridized carbons (Fsp3) is 0.375. The van der Waals surface area contributed by atoms with E-state index in [0.717, 1.165) is 0 Å². The van der Waals surface area contributed by atoms with Crippen LogP contribution in [0.1, 0.15) is 5.82 Å². The van der Waals surface area contributed by atoms with E-state index >= 15 is 0 Å². The maximum Gasteiger partial charge on any atom is 0.220 e. The molecule has 0 aromatic carbocycles. The molecule has 0 aliphatic rings. The molecule has 1 aromatic rings. The fourth-order valence-electron chi connectivity index (χ4n) is 0.750. The van der Waals surface area contributed by atoms with Crippen LogP contribution in [0.2, 0.25) is 0 Å². The first-order chi connectivity index (χ1) is 5.80. The van der Waals surface area contributed by atoms with Gasteiger partial charge in [-0.05, 0) is 6.92 Å². The zero-order valence-corrected chi connectivity index (χ0v) is 7.07. The van der Waals surface area contributed by atoms with Crippen molar-refractivity contribution in [3.05, 3.63) is 18.8 Å². The summed E-state index contributed by atoms with van der Waals surface area (Å²) in [4.78, 5) is 7.96. The Labute approximate surface area is 71.6 Å². The van der Waals surface area contributed by atoms with Gasteiger partial charge in [-0.15, -0.1) is 0 Å². The number of hydrogen-bond donors (Lipinski definition) is 0. The zero-order chi connectivity index (χ0) is 8.97. The number of rotatable bonds is 3. The summed E-state index contributed by atoms with van der Waals surface area (Å²) < 4.78 is 9.82. The van der Waals surface area contributed by atoms with E-state index < -0.39 is 0 Å². The van der Waals surface area contributed by atoms with Crippen molar-refractivity contribution in [3.8, 4) is 11.8 Å². The lowest BCUT2D eigenvalue weighted by atomic mass is 10.4. The van der Waals surface area contributed by atoms with Gasteiger partial charge in [-0.2, -0.15) is 9.97 Å². The quantitative estimate of drug-likeness (QED) is 0.664. The molecule has 0 bridgehead atoms. The van der Waals surface area contributed by atoms with Gasteiger partial charge in [0.2, 0.25) is 11.8 Å². The van der Waals surface area contributed by atoms with Gasteiger partial charge in [0.15, 0.2) is 0 Å². The Kier molecular flexibility index (Phi) is 2.85. The summed E-state index contributed by atoms with van der Waals surface area (Å²) in [6.07, 6.45) is 0.271. The largest absolute Gasteiger partial charge is 0.481 e. The van der Waals surface area contributed by atoms with Crippen molar-refractivity contribution in [3.63, 3.8) is 0 Å². The van der Waals surface area contributed by atoms with Crippen LogP contribution < -0.4 is 9.47 Å². The Bertz CT molecular complexity index is 208. The first kappa shape index (κ1) is 8.77. The molecule has 1 rings (SSSR count). The van der Waals surface area contributed by atoms with Gasteiger partial charge >= 0.3 is 0 Å². The molecule has 4 nitrogen and oxygen atoms in total. The molecule has 0 saturated heterocycles. The number of nitrogens with zero attached hydrogens (tertiary/aromatic N) is 2. The first-order valence-corrected chi connectivity index (χ1v) is 3.46. The summed E-state index contributed by atoms with van der Waals surface area (Å²) in [5.41, 5.74) is 0. The van der Waals surface area contributed by atoms with Crippen LogP contribution >= 0.6 is 0 Å². The van der Waals surface area contributed by atoms with E-state index in [4.69, 9.17) is 16.4 Å². The maximum absolute atomic E-state index is 5.36. The minimum Gasteiger partial charge on any atom is -0.481 e. The minimum atomic E-state index is 0.271. The van der Waals surface area contributed by atoms with Crippen LogP contribution in [-0.2, 0) is 6.42 Å². The number of methoxy groups -OCH3 is 2. The van der Waals surface area contributed by atoms with Crippen molar-refractivity contribution in [1.82, 2.24) is 9.97 Å². The summed E-state index contributed by atoms with van der Waals surface area (Å²) in [6.45, 7) is 5.36. The second kappa shape index (κ2) is 3.90. The number of aromatic nitrogens is 2. The summed E-state index contributed by atoms with van der Waals surface area (Å²) in [7, 11) is 3.06. The average Bonchev–Trinajstić information content (AvgIpc) is 2.16. The molecule has 0 spiro atoms. The standard InChI is InChI=1S/C8H10N2O2/c1-4-6-9-7(11-2)5-8(10-6)12-3/h1,5H,4H2,2-3H3. The minimum absolute atomic E-state index is 0.271. The monoisotopic (exact) mass is 166 g/mol. The predicted octanol–water partition coefficient (Wildman–Crippen LogP) is 0.747. The van der Waals surface area contributed by atoms with Crippen LogP contribution in [0.3, 0.4) is 0 Å². The van der Waals surface area contributed by atoms with Crippen LogP contribution in [0.15, 0.2) is 6.07 Å². The Balaban J connectivity index is 3.01. The molecule has 2 radical (unpaired) electrons. The third-order valence-corrected chi connectivity index (χ3v) is 1.33. The van der Waals surface area contributed by atoms with E-state index in [1.54, 1.807) is 6.07 Å². The molecule has 64 valence electrons. The van der Waals surface area contributed by atoms with E-state index in [0.29, 0.717) is 17.6 Å². The molecule has 0 aliphatic heterocycles. The lowest BCUT2D eigenvalue weighted by Crippen LogP contribution is -1.98. The maximum atomic E-state index is 5.36. The molecule has 0 fully saturated rings. The summed E-state index contributed by atoms with van der Waals surface area (Å²) in [6, 6.07) is 1.60. The Morgan fingerprint density at radius 3 is 2.08 bits per heavy atom. The third kappa shape index (κ3) is 1.84. The SMILES string of the molecule is [CH]Cc1nc(OC)cc(OC)n1. The van der Waals surface area contributed by atoms with Gasteiger partial charge in [-0.3, -0.25) is 0 Å². The average molecular weight is 166 g/mol. The second-order valence-corrected chi connectivity index (χ2v) is 2.07. The van der Waals surface area contributed by atoms with Crippen molar-refractivity contribution in [1.29, 1.82) is 0 Å². The molecule has 0 atom stereocenters. The van der Waals surface area contributed by atoms with Crippen molar-refractivity contribution in [2.45, 2.75) is 6.42 Å². The summed E-state index contributed by atoms with van der Waals surface area (Å²) in [5, 5.41) is 0. The van der Waals surface area contributed by atoms with Gasteiger partial charge in [-0.1, -0.05) is 0 Å². The summed E-state index contributed by atoms with van der Waals surface area (Å²) >= 11 is 0. The fourth-order valence-corrected chi connectivity index (χ4v) is 0.750. The number of hydrogen-bond acceptors (Lipinski definition) is 4. The predicted molar refractivity (Wildman–Crippen MR) is 43.1 cm³/mol. The van der Waals surface area contributed by atoms with Crippen molar-refractivity contribution >= 4 is 0 Å². The van der Waals surface area contributed by atoms with Gasteiger partial charge in [-0.25, -0.2) is 0 Å². The topological polar surface area (TPSA) is 44.2 Å². The van der Waals surface area contributed by atoms with E-state index in [1.165, 1.54) is 14.2 Å². The molecule has 0 amide bonds. The highest BCUT2D eigenvalue weighted by Crippen LogP contribution is 2.14. The molecule has 0 unspecified atom stereocenters. The molecule has 1 heterocycles. The first-order valence-electron chi connectivity index (χ1n) is 3.46. The normalized spacial score (nSPS) is 9.58. The van der Waals surface area contributed by atoms with Crippen molar-refractivity contribution in [2.24, 2.45) is 0 Å². The molecule has 0 saturated carbocycles. The number of ether oxygens (including phenoxy) is 2. The van der Waals surface area contributed by atoms with Crippen LogP contribution in [0, 0.1) is 6.92 Å². The molecular weight excluding hydrogens is 156 g/mol. The van der Waals surface area contributed by atoms with Gasteiger partial charge in [0.1, 0.15) is 5.82 Å². The van der Waals surface area contributed by atoms with E-state index in [1.807, 2.05) is 0 Å². The van der Waals surface area contributed by atoms with Crippen LogP contribution in [0.25, 0.3) is 0 Å². The van der Waals surface area contributed by atoms with Crippen molar-refractivity contribution < 1.29 is 9.47 Å². The Hall–Kier alpha value is -1.32. The van der Waals surface area contributed by atoms with E-state index in [-0.39, 0.29) is 6.42 Å². The zero-order valence-electron chi connectivity index (χ0n) is 7.07. The van der Waals surface area contributed by atoms with Crippen LogP contribution in [-0.4, -0.2) is 24.2 Å². The van der Waals surface area contributed by atoms with Gasteiger partial charge in [0.25, 0.3) is 0 Å². The highest BCUT2D eigenvalue weighted by atomic mass is 16.5. The van der Waals surface area contributed by atoms with Crippen LogP contribution in [0.4, 0.5) is 0 Å². The van der Waals surface area contributed by atoms with Gasteiger partial charge < -0.3 is 9.47 Å². The molecule has 1 aromatic heterocycles. The van der Waals surface area contributed by atoms with Crippen LogP contribution in [0.5, 0.6) is 11.8 Å². The highest BCUT2D eigenvalue weighted by molar-refractivity contribution is 5.20. The van der Waals surface area contributed by atoms with Gasteiger partial charge in [0.05, 0.1) is 20.3 Å². The Morgan fingerprint density at radius 1 is 1.25 bits per heavy atom. The lowest BCUT2D eigenvalue weighted by molar-refractivity contribution is 0.369. The molecule has 4 heteroatoms. The third-order valence-electron chi connectivity index (χ3n) is 1.33. The van der Waals surface area contributed by atoms with Gasteiger partial charge in [0, 0.05) is 6.42 Å². The smallest absolute Gasteiger partial charge is 0.220 e.